The van der Waals surface area contributed by atoms with Gasteiger partial charge < -0.3 is 4.74 Å². The summed E-state index contributed by atoms with van der Waals surface area (Å²) in [5, 5.41) is 11.6. The third-order valence-electron chi connectivity index (χ3n) is 4.69. The predicted molar refractivity (Wildman–Crippen MR) is 113 cm³/mol. The lowest BCUT2D eigenvalue weighted by Crippen LogP contribution is -2.36. The van der Waals surface area contributed by atoms with Crippen molar-refractivity contribution in [1.82, 2.24) is 4.98 Å². The van der Waals surface area contributed by atoms with Crippen molar-refractivity contribution in [2.24, 2.45) is 0 Å². The number of benzene rings is 2. The lowest BCUT2D eigenvalue weighted by atomic mass is 10.2. The van der Waals surface area contributed by atoms with Gasteiger partial charge in [0.05, 0.1) is 27.8 Å². The molecule has 148 valence electrons. The number of rotatable bonds is 6. The molecule has 1 saturated heterocycles. The first-order valence-corrected chi connectivity index (χ1v) is 10.1. The van der Waals surface area contributed by atoms with Crippen LogP contribution in [0.4, 0.5) is 10.8 Å². The number of para-hydroxylation sites is 1. The molecule has 8 heteroatoms. The number of carbonyl (C=O) groups excluding carboxylic acids is 1. The summed E-state index contributed by atoms with van der Waals surface area (Å²) in [5.74, 6) is -0.230. The van der Waals surface area contributed by atoms with Gasteiger partial charge in [0, 0.05) is 24.8 Å². The van der Waals surface area contributed by atoms with E-state index < -0.39 is 4.92 Å². The molecule has 7 nitrogen and oxygen atoms in total. The summed E-state index contributed by atoms with van der Waals surface area (Å²) >= 11 is 1.46. The number of fused-ring (bicyclic) bond motifs is 1. The molecule has 0 saturated carbocycles. The minimum Gasteiger partial charge on any atom is -0.376 e. The molecular formula is C21H19N3O4S. The van der Waals surface area contributed by atoms with Crippen LogP contribution in [-0.2, 0) is 9.53 Å². The second-order valence-corrected chi connectivity index (χ2v) is 7.74. The fourth-order valence-electron chi connectivity index (χ4n) is 3.23. The van der Waals surface area contributed by atoms with Crippen molar-refractivity contribution in [3.63, 3.8) is 0 Å². The van der Waals surface area contributed by atoms with Crippen LogP contribution < -0.4 is 4.90 Å². The highest BCUT2D eigenvalue weighted by Crippen LogP contribution is 2.30. The molecule has 0 aliphatic carbocycles. The quantitative estimate of drug-likeness (QED) is 0.342. The van der Waals surface area contributed by atoms with E-state index in [2.05, 4.69) is 4.98 Å². The molecule has 2 aromatic carbocycles. The van der Waals surface area contributed by atoms with Crippen LogP contribution in [0.1, 0.15) is 18.4 Å². The highest BCUT2D eigenvalue weighted by molar-refractivity contribution is 7.22. The first-order chi connectivity index (χ1) is 14.1. The smallest absolute Gasteiger partial charge is 0.270 e. The molecule has 1 amide bonds. The van der Waals surface area contributed by atoms with Crippen molar-refractivity contribution in [2.45, 2.75) is 18.9 Å². The fraction of sp³-hybridized carbons (Fsp3) is 0.238. The van der Waals surface area contributed by atoms with E-state index in [0.717, 1.165) is 23.1 Å². The van der Waals surface area contributed by atoms with Crippen LogP contribution in [0.3, 0.4) is 0 Å². The zero-order valence-electron chi connectivity index (χ0n) is 15.6. The number of hydrogen-bond acceptors (Lipinski definition) is 6. The maximum absolute atomic E-state index is 13.0. The first kappa shape index (κ1) is 19.2. The van der Waals surface area contributed by atoms with E-state index in [9.17, 15) is 14.9 Å². The van der Waals surface area contributed by atoms with Gasteiger partial charge in [-0.2, -0.15) is 0 Å². The number of carbonyl (C=O) groups is 1. The second kappa shape index (κ2) is 8.50. The first-order valence-electron chi connectivity index (χ1n) is 9.31. The van der Waals surface area contributed by atoms with E-state index in [1.165, 1.54) is 29.5 Å². The molecule has 1 fully saturated rings. The van der Waals surface area contributed by atoms with Crippen molar-refractivity contribution in [2.75, 3.05) is 18.1 Å². The predicted octanol–water partition coefficient (Wildman–Crippen LogP) is 4.43. The summed E-state index contributed by atoms with van der Waals surface area (Å²) in [5.41, 5.74) is 1.43. The Balaban J connectivity index is 1.60. The van der Waals surface area contributed by atoms with Gasteiger partial charge in [-0.3, -0.25) is 19.8 Å². The Morgan fingerprint density at radius 2 is 2.17 bits per heavy atom. The van der Waals surface area contributed by atoms with Gasteiger partial charge in [0.2, 0.25) is 0 Å². The van der Waals surface area contributed by atoms with E-state index in [1.807, 2.05) is 24.3 Å². The van der Waals surface area contributed by atoms with Gasteiger partial charge in [-0.25, -0.2) is 4.98 Å². The van der Waals surface area contributed by atoms with Crippen molar-refractivity contribution in [1.29, 1.82) is 0 Å². The molecule has 0 spiro atoms. The highest BCUT2D eigenvalue weighted by Gasteiger charge is 2.25. The molecule has 0 radical (unpaired) electrons. The molecule has 4 rings (SSSR count). The summed E-state index contributed by atoms with van der Waals surface area (Å²) in [4.78, 5) is 29.8. The molecule has 0 bridgehead atoms. The lowest BCUT2D eigenvalue weighted by Gasteiger charge is -2.21. The van der Waals surface area contributed by atoms with Gasteiger partial charge >= 0.3 is 0 Å². The van der Waals surface area contributed by atoms with Crippen LogP contribution >= 0.6 is 11.3 Å². The Hall–Kier alpha value is -3.10. The number of thiazole rings is 1. The van der Waals surface area contributed by atoms with Crippen molar-refractivity contribution in [3.05, 3.63) is 70.3 Å². The molecule has 3 aromatic rings. The Labute approximate surface area is 171 Å². The Kier molecular flexibility index (Phi) is 5.64. The summed E-state index contributed by atoms with van der Waals surface area (Å²) < 4.78 is 6.73. The fourth-order valence-corrected chi connectivity index (χ4v) is 4.21. The Morgan fingerprint density at radius 1 is 1.31 bits per heavy atom. The van der Waals surface area contributed by atoms with E-state index in [-0.39, 0.29) is 17.7 Å². The SMILES string of the molecule is O=C(/C=C/c1cccc([N+](=O)[O-])c1)N(C[C@@H]1CCCO1)c1nc2ccccc2s1. The van der Waals surface area contributed by atoms with Crippen LogP contribution in [0, 0.1) is 10.1 Å². The molecule has 1 aliphatic heterocycles. The molecule has 1 aromatic heterocycles. The van der Waals surface area contributed by atoms with Crippen LogP contribution in [0.2, 0.25) is 0 Å². The van der Waals surface area contributed by atoms with Crippen LogP contribution in [0.15, 0.2) is 54.6 Å². The Morgan fingerprint density at radius 3 is 2.93 bits per heavy atom. The number of nitrogens with zero attached hydrogens (tertiary/aromatic N) is 3. The summed E-state index contributed by atoms with van der Waals surface area (Å²) in [6, 6.07) is 13.9. The van der Waals surface area contributed by atoms with Gasteiger partial charge in [0.25, 0.3) is 11.6 Å². The van der Waals surface area contributed by atoms with Crippen molar-refractivity contribution in [3.8, 4) is 0 Å². The average molecular weight is 409 g/mol. The zero-order valence-corrected chi connectivity index (χ0v) is 16.4. The number of nitro groups is 1. The molecule has 29 heavy (non-hydrogen) atoms. The third kappa shape index (κ3) is 4.49. The molecule has 1 atom stereocenters. The summed E-state index contributed by atoms with van der Waals surface area (Å²) in [6.45, 7) is 1.13. The van der Waals surface area contributed by atoms with Crippen LogP contribution in [-0.4, -0.2) is 35.1 Å². The normalized spacial score (nSPS) is 16.5. The van der Waals surface area contributed by atoms with Gasteiger partial charge in [0.1, 0.15) is 0 Å². The van der Waals surface area contributed by atoms with Gasteiger partial charge in [0.15, 0.2) is 5.13 Å². The number of amides is 1. The maximum Gasteiger partial charge on any atom is 0.270 e. The monoisotopic (exact) mass is 409 g/mol. The number of aromatic nitrogens is 1. The molecule has 2 heterocycles. The number of non-ortho nitro benzene ring substituents is 1. The van der Waals surface area contributed by atoms with E-state index in [0.29, 0.717) is 23.8 Å². The average Bonchev–Trinajstić information content (AvgIpc) is 3.39. The van der Waals surface area contributed by atoms with Gasteiger partial charge in [-0.1, -0.05) is 35.6 Å². The molecule has 0 N–H and O–H groups in total. The van der Waals surface area contributed by atoms with E-state index >= 15 is 0 Å². The molecular weight excluding hydrogens is 390 g/mol. The highest BCUT2D eigenvalue weighted by atomic mass is 32.1. The molecule has 0 unspecified atom stereocenters. The zero-order chi connectivity index (χ0) is 20.2. The standard InChI is InChI=1S/C21H19N3O4S/c25-20(11-10-15-5-3-6-16(13-15)24(26)27)23(14-17-7-4-12-28-17)21-22-18-8-1-2-9-19(18)29-21/h1-3,5-6,8-11,13,17H,4,7,12,14H2/b11-10+/t17-/m0/s1. The maximum atomic E-state index is 13.0. The largest absolute Gasteiger partial charge is 0.376 e. The van der Waals surface area contributed by atoms with Gasteiger partial charge in [-0.05, 0) is 36.6 Å². The number of anilines is 1. The number of ether oxygens (including phenoxy) is 1. The van der Waals surface area contributed by atoms with Crippen LogP contribution in [0.25, 0.3) is 16.3 Å². The van der Waals surface area contributed by atoms with Crippen molar-refractivity contribution < 1.29 is 14.5 Å². The molecule has 1 aliphatic rings. The minimum absolute atomic E-state index is 0.0121. The second-order valence-electron chi connectivity index (χ2n) is 6.73. The number of nitro benzene ring substituents is 1. The number of hydrogen-bond donors (Lipinski definition) is 0. The van der Waals surface area contributed by atoms with Crippen LogP contribution in [0.5, 0.6) is 0 Å². The minimum atomic E-state index is -0.454. The van der Waals surface area contributed by atoms with E-state index in [1.54, 1.807) is 23.1 Å². The lowest BCUT2D eigenvalue weighted by molar-refractivity contribution is -0.384. The summed E-state index contributed by atoms with van der Waals surface area (Å²) in [6.07, 6.45) is 4.89. The summed E-state index contributed by atoms with van der Waals surface area (Å²) in [7, 11) is 0. The Bertz CT molecular complexity index is 1040. The topological polar surface area (TPSA) is 85.6 Å². The van der Waals surface area contributed by atoms with Crippen molar-refractivity contribution >= 4 is 44.4 Å². The van der Waals surface area contributed by atoms with Gasteiger partial charge in [-0.15, -0.1) is 0 Å². The third-order valence-corrected chi connectivity index (χ3v) is 5.75. The van der Waals surface area contributed by atoms with E-state index in [4.69, 9.17) is 4.74 Å².